The summed E-state index contributed by atoms with van der Waals surface area (Å²) < 4.78 is 33.5. The van der Waals surface area contributed by atoms with Crippen molar-refractivity contribution in [1.29, 1.82) is 0 Å². The van der Waals surface area contributed by atoms with Crippen LogP contribution in [0.2, 0.25) is 0 Å². The Hall–Kier alpha value is -2.42. The standard InChI is InChI=1S/C22H29N3O4S/c1-3-23-22(26)20-14-19(9-10-21(20)29-2)30(27,28)24-15-17-7-6-8-18(13-17)16-25-11-4-5-12-25/h6-10,13-14,24H,3-5,11-12,15-16H2,1-2H3,(H,23,26). The molecule has 2 aromatic carbocycles. The Labute approximate surface area is 178 Å². The third-order valence-corrected chi connectivity index (χ3v) is 6.52. The van der Waals surface area contributed by atoms with E-state index in [4.69, 9.17) is 4.74 Å². The van der Waals surface area contributed by atoms with Crippen LogP contribution in [0.15, 0.2) is 47.4 Å². The highest BCUT2D eigenvalue weighted by atomic mass is 32.2. The van der Waals surface area contributed by atoms with Crippen LogP contribution in [0.4, 0.5) is 0 Å². The molecule has 0 bridgehead atoms. The molecule has 0 saturated carbocycles. The molecule has 1 aliphatic rings. The average Bonchev–Trinajstić information content (AvgIpc) is 3.25. The molecular weight excluding hydrogens is 402 g/mol. The van der Waals surface area contributed by atoms with Crippen molar-refractivity contribution in [3.8, 4) is 5.75 Å². The zero-order valence-electron chi connectivity index (χ0n) is 17.5. The van der Waals surface area contributed by atoms with Gasteiger partial charge in [-0.25, -0.2) is 13.1 Å². The third-order valence-electron chi connectivity index (χ3n) is 5.13. The number of likely N-dealkylation sites (tertiary alicyclic amines) is 1. The van der Waals surface area contributed by atoms with Crippen LogP contribution in [0.3, 0.4) is 0 Å². The summed E-state index contributed by atoms with van der Waals surface area (Å²) in [6.07, 6.45) is 2.47. The summed E-state index contributed by atoms with van der Waals surface area (Å²) in [6, 6.07) is 12.2. The van der Waals surface area contributed by atoms with E-state index in [9.17, 15) is 13.2 Å². The molecule has 2 N–H and O–H groups in total. The minimum absolute atomic E-state index is 0.0257. The van der Waals surface area contributed by atoms with E-state index in [1.54, 1.807) is 6.92 Å². The van der Waals surface area contributed by atoms with Crippen LogP contribution in [0.25, 0.3) is 0 Å². The second-order valence-electron chi connectivity index (χ2n) is 7.35. The van der Waals surface area contributed by atoms with Crippen molar-refractivity contribution >= 4 is 15.9 Å². The van der Waals surface area contributed by atoms with E-state index in [2.05, 4.69) is 21.0 Å². The first-order valence-electron chi connectivity index (χ1n) is 10.2. The fraction of sp³-hybridized carbons (Fsp3) is 0.409. The second-order valence-corrected chi connectivity index (χ2v) is 9.12. The number of amides is 1. The van der Waals surface area contributed by atoms with Crippen molar-refractivity contribution < 1.29 is 17.9 Å². The van der Waals surface area contributed by atoms with Crippen molar-refractivity contribution in [2.75, 3.05) is 26.7 Å². The summed E-state index contributed by atoms with van der Waals surface area (Å²) in [5.74, 6) is -0.0458. The van der Waals surface area contributed by atoms with Crippen LogP contribution in [-0.4, -0.2) is 46.0 Å². The fourth-order valence-corrected chi connectivity index (χ4v) is 4.63. The summed E-state index contributed by atoms with van der Waals surface area (Å²) in [7, 11) is -2.34. The lowest BCUT2D eigenvalue weighted by Crippen LogP contribution is -2.26. The molecule has 0 radical (unpaired) electrons. The smallest absolute Gasteiger partial charge is 0.255 e. The highest BCUT2D eigenvalue weighted by molar-refractivity contribution is 7.89. The van der Waals surface area contributed by atoms with Gasteiger partial charge in [0.25, 0.3) is 5.91 Å². The highest BCUT2D eigenvalue weighted by Crippen LogP contribution is 2.23. The van der Waals surface area contributed by atoms with Gasteiger partial charge in [0.05, 0.1) is 17.6 Å². The number of benzene rings is 2. The molecule has 1 saturated heterocycles. The van der Waals surface area contributed by atoms with Gasteiger partial charge in [-0.1, -0.05) is 24.3 Å². The molecule has 1 amide bonds. The third kappa shape index (κ3) is 5.59. The molecule has 8 heteroatoms. The lowest BCUT2D eigenvalue weighted by Gasteiger charge is -2.15. The largest absolute Gasteiger partial charge is 0.496 e. The maximum Gasteiger partial charge on any atom is 0.255 e. The van der Waals surface area contributed by atoms with Crippen molar-refractivity contribution in [3.05, 3.63) is 59.2 Å². The molecule has 0 aliphatic carbocycles. The van der Waals surface area contributed by atoms with Gasteiger partial charge in [0, 0.05) is 19.6 Å². The van der Waals surface area contributed by atoms with Gasteiger partial charge in [-0.3, -0.25) is 9.69 Å². The monoisotopic (exact) mass is 431 g/mol. The number of methoxy groups -OCH3 is 1. The van der Waals surface area contributed by atoms with Crippen molar-refractivity contribution in [2.45, 2.75) is 37.8 Å². The Kier molecular flexibility index (Phi) is 7.47. The summed E-state index contributed by atoms with van der Waals surface area (Å²) in [5.41, 5.74) is 2.26. The molecule has 0 aromatic heterocycles. The van der Waals surface area contributed by atoms with Crippen molar-refractivity contribution in [1.82, 2.24) is 14.9 Å². The van der Waals surface area contributed by atoms with Gasteiger partial charge in [-0.15, -0.1) is 0 Å². The van der Waals surface area contributed by atoms with Gasteiger partial charge in [-0.05, 0) is 62.2 Å². The first kappa shape index (κ1) is 22.3. The van der Waals surface area contributed by atoms with E-state index < -0.39 is 10.0 Å². The minimum atomic E-state index is -3.79. The van der Waals surface area contributed by atoms with Gasteiger partial charge in [0.1, 0.15) is 5.75 Å². The molecule has 1 heterocycles. The highest BCUT2D eigenvalue weighted by Gasteiger charge is 2.20. The number of carbonyl (C=O) groups excluding carboxylic acids is 1. The van der Waals surface area contributed by atoms with Crippen LogP contribution in [-0.2, 0) is 23.1 Å². The quantitative estimate of drug-likeness (QED) is 0.637. The Bertz CT molecular complexity index is 986. The molecule has 162 valence electrons. The Morgan fingerprint density at radius 1 is 1.10 bits per heavy atom. The number of carbonyl (C=O) groups is 1. The predicted octanol–water partition coefficient (Wildman–Crippen LogP) is 2.52. The van der Waals surface area contributed by atoms with Crippen LogP contribution >= 0.6 is 0 Å². The van der Waals surface area contributed by atoms with E-state index in [-0.39, 0.29) is 22.9 Å². The van der Waals surface area contributed by atoms with Gasteiger partial charge in [0.15, 0.2) is 0 Å². The topological polar surface area (TPSA) is 87.7 Å². The lowest BCUT2D eigenvalue weighted by molar-refractivity contribution is 0.0952. The molecule has 3 rings (SSSR count). The molecule has 0 atom stereocenters. The zero-order valence-corrected chi connectivity index (χ0v) is 18.3. The first-order chi connectivity index (χ1) is 14.4. The summed E-state index contributed by atoms with van der Waals surface area (Å²) >= 11 is 0. The molecule has 0 spiro atoms. The second kappa shape index (κ2) is 10.1. The Balaban J connectivity index is 1.72. The number of hydrogen-bond donors (Lipinski definition) is 2. The maximum atomic E-state index is 12.8. The number of sulfonamides is 1. The van der Waals surface area contributed by atoms with E-state index in [0.29, 0.717) is 12.3 Å². The minimum Gasteiger partial charge on any atom is -0.496 e. The number of nitrogens with one attached hydrogen (secondary N) is 2. The molecule has 1 aliphatic heterocycles. The van der Waals surface area contributed by atoms with E-state index in [1.807, 2.05) is 18.2 Å². The maximum absolute atomic E-state index is 12.8. The number of nitrogens with zero attached hydrogens (tertiary/aromatic N) is 1. The SMILES string of the molecule is CCNC(=O)c1cc(S(=O)(=O)NCc2cccc(CN3CCCC3)c2)ccc1OC. The zero-order chi connectivity index (χ0) is 21.6. The van der Waals surface area contributed by atoms with E-state index in [0.717, 1.165) is 25.2 Å². The van der Waals surface area contributed by atoms with Gasteiger partial charge in [-0.2, -0.15) is 0 Å². The van der Waals surface area contributed by atoms with Crippen molar-refractivity contribution in [2.24, 2.45) is 0 Å². The van der Waals surface area contributed by atoms with Gasteiger partial charge < -0.3 is 10.1 Å². The normalized spacial score (nSPS) is 14.6. The van der Waals surface area contributed by atoms with Crippen LogP contribution < -0.4 is 14.8 Å². The van der Waals surface area contributed by atoms with E-state index in [1.165, 1.54) is 43.7 Å². The average molecular weight is 432 g/mol. The van der Waals surface area contributed by atoms with Crippen molar-refractivity contribution in [3.63, 3.8) is 0 Å². The number of ether oxygens (including phenoxy) is 1. The van der Waals surface area contributed by atoms with Crippen LogP contribution in [0, 0.1) is 0 Å². The first-order valence-corrected chi connectivity index (χ1v) is 11.7. The lowest BCUT2D eigenvalue weighted by atomic mass is 10.1. The molecule has 30 heavy (non-hydrogen) atoms. The van der Waals surface area contributed by atoms with Gasteiger partial charge in [0.2, 0.25) is 10.0 Å². The number of rotatable bonds is 9. The predicted molar refractivity (Wildman–Crippen MR) is 116 cm³/mol. The fourth-order valence-electron chi connectivity index (χ4n) is 3.59. The summed E-state index contributed by atoms with van der Waals surface area (Å²) in [6.45, 7) is 5.52. The van der Waals surface area contributed by atoms with Crippen LogP contribution in [0.1, 0.15) is 41.3 Å². The Morgan fingerprint density at radius 2 is 1.83 bits per heavy atom. The molecule has 0 unspecified atom stereocenters. The molecule has 2 aromatic rings. The van der Waals surface area contributed by atoms with E-state index >= 15 is 0 Å². The molecule has 7 nitrogen and oxygen atoms in total. The summed E-state index contributed by atoms with van der Waals surface area (Å²) in [5, 5.41) is 2.67. The van der Waals surface area contributed by atoms with Gasteiger partial charge >= 0.3 is 0 Å². The molecular formula is C22H29N3O4S. The number of hydrogen-bond acceptors (Lipinski definition) is 5. The van der Waals surface area contributed by atoms with Crippen LogP contribution in [0.5, 0.6) is 5.75 Å². The summed E-state index contributed by atoms with van der Waals surface area (Å²) in [4.78, 5) is 14.7. The molecule has 1 fully saturated rings. The Morgan fingerprint density at radius 3 is 2.53 bits per heavy atom.